The highest BCUT2D eigenvalue weighted by molar-refractivity contribution is 5.88. The van der Waals surface area contributed by atoms with Crippen LogP contribution in [0.4, 0.5) is 4.39 Å². The monoisotopic (exact) mass is 488 g/mol. The molecule has 0 saturated carbocycles. The SMILES string of the molecule is CCc1ccc(CCC(=O)N(Cc2ccccc2F)[C@H](Cc2ccccc2)C(=O)NCC(C)C)cc1. The smallest absolute Gasteiger partial charge is 0.243 e. The number of nitrogens with one attached hydrogen (secondary N) is 1. The number of nitrogens with zero attached hydrogens (tertiary/aromatic N) is 1. The summed E-state index contributed by atoms with van der Waals surface area (Å²) in [5.41, 5.74) is 3.66. The molecule has 5 heteroatoms. The van der Waals surface area contributed by atoms with Crippen molar-refractivity contribution in [2.75, 3.05) is 6.54 Å². The highest BCUT2D eigenvalue weighted by Crippen LogP contribution is 2.19. The second-order valence-corrected chi connectivity index (χ2v) is 9.63. The highest BCUT2D eigenvalue weighted by atomic mass is 19.1. The van der Waals surface area contributed by atoms with Gasteiger partial charge in [-0.25, -0.2) is 4.39 Å². The summed E-state index contributed by atoms with van der Waals surface area (Å²) in [6.45, 7) is 6.70. The molecule has 3 rings (SSSR count). The zero-order valence-electron chi connectivity index (χ0n) is 21.5. The fourth-order valence-electron chi connectivity index (χ4n) is 4.12. The van der Waals surface area contributed by atoms with E-state index in [1.54, 1.807) is 23.1 Å². The van der Waals surface area contributed by atoms with Crippen LogP contribution in [0.2, 0.25) is 0 Å². The van der Waals surface area contributed by atoms with Gasteiger partial charge in [0, 0.05) is 31.5 Å². The largest absolute Gasteiger partial charge is 0.354 e. The summed E-state index contributed by atoms with van der Waals surface area (Å²) < 4.78 is 14.6. The van der Waals surface area contributed by atoms with E-state index >= 15 is 0 Å². The number of halogens is 1. The van der Waals surface area contributed by atoms with Gasteiger partial charge in [0.1, 0.15) is 11.9 Å². The molecule has 1 N–H and O–H groups in total. The van der Waals surface area contributed by atoms with Crippen LogP contribution < -0.4 is 5.32 Å². The molecule has 190 valence electrons. The van der Waals surface area contributed by atoms with Gasteiger partial charge in [0.2, 0.25) is 11.8 Å². The van der Waals surface area contributed by atoms with E-state index in [9.17, 15) is 14.0 Å². The van der Waals surface area contributed by atoms with Crippen molar-refractivity contribution >= 4 is 11.8 Å². The first-order valence-corrected chi connectivity index (χ1v) is 12.8. The Morgan fingerprint density at radius 1 is 0.861 bits per heavy atom. The second-order valence-electron chi connectivity index (χ2n) is 9.63. The number of rotatable bonds is 12. The van der Waals surface area contributed by atoms with Crippen molar-refractivity contribution in [2.24, 2.45) is 5.92 Å². The maximum Gasteiger partial charge on any atom is 0.243 e. The summed E-state index contributed by atoms with van der Waals surface area (Å²) in [6.07, 6.45) is 2.11. The molecule has 0 saturated heterocycles. The molecule has 0 spiro atoms. The zero-order chi connectivity index (χ0) is 25.9. The van der Waals surface area contributed by atoms with Crippen LogP contribution in [-0.2, 0) is 35.4 Å². The predicted molar refractivity (Wildman–Crippen MR) is 143 cm³/mol. The summed E-state index contributed by atoms with van der Waals surface area (Å²) in [4.78, 5) is 28.6. The van der Waals surface area contributed by atoms with E-state index in [1.807, 2.05) is 56.3 Å². The molecule has 2 amide bonds. The lowest BCUT2D eigenvalue weighted by atomic mass is 10.0. The molecule has 0 aromatic heterocycles. The third kappa shape index (κ3) is 8.04. The minimum atomic E-state index is -0.749. The van der Waals surface area contributed by atoms with Gasteiger partial charge in [-0.1, -0.05) is 93.6 Å². The van der Waals surface area contributed by atoms with Gasteiger partial charge in [0.05, 0.1) is 0 Å². The molecule has 3 aromatic carbocycles. The third-order valence-electron chi connectivity index (χ3n) is 6.31. The Bertz CT molecular complexity index is 1110. The van der Waals surface area contributed by atoms with Crippen LogP contribution in [0, 0.1) is 11.7 Å². The zero-order valence-corrected chi connectivity index (χ0v) is 21.5. The lowest BCUT2D eigenvalue weighted by Crippen LogP contribution is -2.51. The summed E-state index contributed by atoms with van der Waals surface area (Å²) in [5, 5.41) is 3.00. The molecule has 0 unspecified atom stereocenters. The summed E-state index contributed by atoms with van der Waals surface area (Å²) >= 11 is 0. The number of hydrogen-bond acceptors (Lipinski definition) is 2. The van der Waals surface area contributed by atoms with Crippen molar-refractivity contribution in [1.82, 2.24) is 10.2 Å². The van der Waals surface area contributed by atoms with Crippen molar-refractivity contribution in [3.63, 3.8) is 0 Å². The van der Waals surface area contributed by atoms with Crippen LogP contribution in [0.25, 0.3) is 0 Å². The topological polar surface area (TPSA) is 49.4 Å². The molecule has 3 aromatic rings. The van der Waals surface area contributed by atoms with E-state index < -0.39 is 6.04 Å². The van der Waals surface area contributed by atoms with Crippen molar-refractivity contribution < 1.29 is 14.0 Å². The van der Waals surface area contributed by atoms with Gasteiger partial charge in [-0.2, -0.15) is 0 Å². The molecule has 1 atom stereocenters. The first-order chi connectivity index (χ1) is 17.4. The molecule has 0 fully saturated rings. The average molecular weight is 489 g/mol. The van der Waals surface area contributed by atoms with Crippen molar-refractivity contribution in [1.29, 1.82) is 0 Å². The van der Waals surface area contributed by atoms with Crippen LogP contribution in [0.5, 0.6) is 0 Å². The van der Waals surface area contributed by atoms with E-state index in [4.69, 9.17) is 0 Å². The Balaban J connectivity index is 1.89. The maximum absolute atomic E-state index is 14.6. The van der Waals surface area contributed by atoms with E-state index in [-0.39, 0.29) is 36.5 Å². The Morgan fingerprint density at radius 2 is 1.50 bits per heavy atom. The molecule has 0 aliphatic carbocycles. The molecule has 36 heavy (non-hydrogen) atoms. The number of carbonyl (C=O) groups excluding carboxylic acids is 2. The summed E-state index contributed by atoms with van der Waals surface area (Å²) in [6, 6.07) is 23.6. The molecule has 4 nitrogen and oxygen atoms in total. The molecule has 0 bridgehead atoms. The molecular formula is C31H37FN2O2. The standard InChI is InChI=1S/C31H37FN2O2/c1-4-24-14-16-25(17-15-24)18-19-30(35)34(22-27-12-8-9-13-28(27)32)29(31(36)33-21-23(2)3)20-26-10-6-5-7-11-26/h5-17,23,29H,4,18-22H2,1-3H3,(H,33,36)/t29-/m1/s1. The van der Waals surface area contributed by atoms with Crippen LogP contribution in [0.3, 0.4) is 0 Å². The van der Waals surface area contributed by atoms with E-state index in [2.05, 4.69) is 24.4 Å². The predicted octanol–water partition coefficient (Wildman–Crippen LogP) is 5.73. The van der Waals surface area contributed by atoms with E-state index in [0.29, 0.717) is 24.9 Å². The molecule has 0 radical (unpaired) electrons. The van der Waals surface area contributed by atoms with Crippen LogP contribution in [0.15, 0.2) is 78.9 Å². The molecular weight excluding hydrogens is 451 g/mol. The van der Waals surface area contributed by atoms with Gasteiger partial charge >= 0.3 is 0 Å². The highest BCUT2D eigenvalue weighted by Gasteiger charge is 2.30. The summed E-state index contributed by atoms with van der Waals surface area (Å²) in [5.74, 6) is -0.498. The fourth-order valence-corrected chi connectivity index (χ4v) is 4.12. The minimum Gasteiger partial charge on any atom is -0.354 e. The normalized spacial score (nSPS) is 11.8. The quantitative estimate of drug-likeness (QED) is 0.354. The Hall–Kier alpha value is -3.47. The first-order valence-electron chi connectivity index (χ1n) is 12.8. The van der Waals surface area contributed by atoms with Crippen LogP contribution in [-0.4, -0.2) is 29.3 Å². The summed E-state index contributed by atoms with van der Waals surface area (Å²) in [7, 11) is 0. The minimum absolute atomic E-state index is 0.0346. The molecule has 0 heterocycles. The lowest BCUT2D eigenvalue weighted by molar-refractivity contribution is -0.141. The van der Waals surface area contributed by atoms with E-state index in [0.717, 1.165) is 17.5 Å². The average Bonchev–Trinajstić information content (AvgIpc) is 2.89. The molecule has 0 aliphatic rings. The number of carbonyl (C=O) groups is 2. The van der Waals surface area contributed by atoms with Crippen molar-refractivity contribution in [3.05, 3.63) is 107 Å². The van der Waals surface area contributed by atoms with Gasteiger partial charge < -0.3 is 10.2 Å². The number of benzene rings is 3. The van der Waals surface area contributed by atoms with Gasteiger partial charge in [-0.15, -0.1) is 0 Å². The van der Waals surface area contributed by atoms with Crippen molar-refractivity contribution in [3.8, 4) is 0 Å². The number of aryl methyl sites for hydroxylation is 2. The number of amides is 2. The van der Waals surface area contributed by atoms with E-state index in [1.165, 1.54) is 11.6 Å². The van der Waals surface area contributed by atoms with Gasteiger partial charge in [0.15, 0.2) is 0 Å². The van der Waals surface area contributed by atoms with Gasteiger partial charge in [0.25, 0.3) is 0 Å². The van der Waals surface area contributed by atoms with Crippen LogP contribution >= 0.6 is 0 Å². The molecule has 0 aliphatic heterocycles. The second kappa shape index (κ2) is 13.6. The Morgan fingerprint density at radius 3 is 2.14 bits per heavy atom. The third-order valence-corrected chi connectivity index (χ3v) is 6.31. The van der Waals surface area contributed by atoms with Crippen molar-refractivity contribution in [2.45, 2.75) is 59.0 Å². The Kier molecular flexibility index (Phi) is 10.2. The number of hydrogen-bond donors (Lipinski definition) is 1. The van der Waals surface area contributed by atoms with Crippen LogP contribution in [0.1, 0.15) is 49.4 Å². The van der Waals surface area contributed by atoms with Gasteiger partial charge in [-0.3, -0.25) is 9.59 Å². The Labute approximate surface area is 214 Å². The first kappa shape index (κ1) is 27.1. The maximum atomic E-state index is 14.6. The fraction of sp³-hybridized carbons (Fsp3) is 0.355. The van der Waals surface area contributed by atoms with Gasteiger partial charge in [-0.05, 0) is 41.5 Å². The lowest BCUT2D eigenvalue weighted by Gasteiger charge is -2.32.